The van der Waals surface area contributed by atoms with Crippen LogP contribution in [0.4, 0.5) is 10.5 Å². The molecule has 2 aromatic rings. The zero-order valence-corrected chi connectivity index (χ0v) is 14.5. The molecule has 130 valence electrons. The first kappa shape index (κ1) is 18.0. The fraction of sp³-hybridized carbons (Fsp3) is 0.444. The van der Waals surface area contributed by atoms with E-state index in [0.29, 0.717) is 19.5 Å². The zero-order chi connectivity index (χ0) is 17.5. The van der Waals surface area contributed by atoms with E-state index in [1.54, 1.807) is 0 Å². The molecule has 0 saturated carbocycles. The lowest BCUT2D eigenvalue weighted by atomic mass is 10.1. The lowest BCUT2D eigenvalue weighted by Gasteiger charge is -2.13. The Balaban J connectivity index is 1.92. The SMILES string of the molecule is Cc1cc(C)n(Cc2cccc(NC(=O)NCC(C)CCO)c2)n1. The molecule has 0 radical (unpaired) electrons. The molecule has 0 aliphatic rings. The fourth-order valence-corrected chi connectivity index (χ4v) is 2.52. The number of aliphatic hydroxyl groups excluding tert-OH is 1. The van der Waals surface area contributed by atoms with Crippen molar-refractivity contribution in [3.8, 4) is 0 Å². The average molecular weight is 330 g/mol. The molecule has 6 nitrogen and oxygen atoms in total. The summed E-state index contributed by atoms with van der Waals surface area (Å²) in [5, 5.41) is 19.0. The number of benzene rings is 1. The van der Waals surface area contributed by atoms with Gasteiger partial charge in [-0.3, -0.25) is 4.68 Å². The van der Waals surface area contributed by atoms with Gasteiger partial charge in [0.1, 0.15) is 0 Å². The van der Waals surface area contributed by atoms with Crippen LogP contribution in [-0.2, 0) is 6.54 Å². The minimum atomic E-state index is -0.233. The number of hydrogen-bond acceptors (Lipinski definition) is 3. The van der Waals surface area contributed by atoms with Gasteiger partial charge in [0.2, 0.25) is 0 Å². The quantitative estimate of drug-likeness (QED) is 0.730. The van der Waals surface area contributed by atoms with Crippen LogP contribution in [-0.4, -0.2) is 34.1 Å². The van der Waals surface area contributed by atoms with E-state index in [0.717, 1.165) is 22.6 Å². The van der Waals surface area contributed by atoms with E-state index >= 15 is 0 Å². The van der Waals surface area contributed by atoms with E-state index in [9.17, 15) is 4.79 Å². The number of rotatable bonds is 7. The molecule has 3 N–H and O–H groups in total. The van der Waals surface area contributed by atoms with Crippen LogP contribution in [0.15, 0.2) is 30.3 Å². The van der Waals surface area contributed by atoms with Crippen molar-refractivity contribution in [2.45, 2.75) is 33.7 Å². The molecule has 0 aliphatic carbocycles. The minimum absolute atomic E-state index is 0.138. The highest BCUT2D eigenvalue weighted by molar-refractivity contribution is 5.89. The molecule has 1 aromatic heterocycles. The van der Waals surface area contributed by atoms with Crippen LogP contribution in [0, 0.1) is 19.8 Å². The number of carbonyl (C=O) groups is 1. The number of aromatic nitrogens is 2. The second kappa shape index (κ2) is 8.49. The van der Waals surface area contributed by atoms with Crippen LogP contribution in [0.1, 0.15) is 30.3 Å². The average Bonchev–Trinajstić information content (AvgIpc) is 2.83. The normalized spacial score (nSPS) is 12.0. The third-order valence-electron chi connectivity index (χ3n) is 3.85. The van der Waals surface area contributed by atoms with Crippen molar-refractivity contribution in [1.82, 2.24) is 15.1 Å². The predicted molar refractivity (Wildman–Crippen MR) is 95.1 cm³/mol. The summed E-state index contributed by atoms with van der Waals surface area (Å²) in [4.78, 5) is 11.9. The lowest BCUT2D eigenvalue weighted by Crippen LogP contribution is -2.32. The van der Waals surface area contributed by atoms with Gasteiger partial charge in [-0.15, -0.1) is 0 Å². The summed E-state index contributed by atoms with van der Waals surface area (Å²) in [6.45, 7) is 7.35. The van der Waals surface area contributed by atoms with Gasteiger partial charge in [-0.2, -0.15) is 5.10 Å². The van der Waals surface area contributed by atoms with E-state index in [1.165, 1.54) is 0 Å². The first-order valence-electron chi connectivity index (χ1n) is 8.23. The number of aryl methyl sites for hydroxylation is 2. The van der Waals surface area contributed by atoms with Crippen LogP contribution < -0.4 is 10.6 Å². The Morgan fingerprint density at radius 1 is 1.33 bits per heavy atom. The Bertz CT molecular complexity index is 681. The Labute approximate surface area is 142 Å². The standard InChI is InChI=1S/C18H26N4O2/c1-13(7-8-23)11-19-18(24)20-17-6-4-5-16(10-17)12-22-15(3)9-14(2)21-22/h4-6,9-10,13,23H,7-8,11-12H2,1-3H3,(H2,19,20,24). The summed E-state index contributed by atoms with van der Waals surface area (Å²) < 4.78 is 1.95. The summed E-state index contributed by atoms with van der Waals surface area (Å²) in [6.07, 6.45) is 0.679. The highest BCUT2D eigenvalue weighted by atomic mass is 16.3. The smallest absolute Gasteiger partial charge is 0.319 e. The largest absolute Gasteiger partial charge is 0.396 e. The molecular formula is C18H26N4O2. The summed E-state index contributed by atoms with van der Waals surface area (Å²) >= 11 is 0. The number of aliphatic hydroxyl groups is 1. The van der Waals surface area contributed by atoms with Gasteiger partial charge in [-0.25, -0.2) is 4.79 Å². The van der Waals surface area contributed by atoms with Gasteiger partial charge in [0.25, 0.3) is 0 Å². The Hall–Kier alpha value is -2.34. The van der Waals surface area contributed by atoms with Gasteiger partial charge in [0.15, 0.2) is 0 Å². The van der Waals surface area contributed by atoms with Crippen LogP contribution in [0.25, 0.3) is 0 Å². The Morgan fingerprint density at radius 2 is 2.12 bits per heavy atom. The highest BCUT2D eigenvalue weighted by Crippen LogP contribution is 2.13. The lowest BCUT2D eigenvalue weighted by molar-refractivity contribution is 0.243. The molecule has 0 fully saturated rings. The number of nitrogens with zero attached hydrogens (tertiary/aromatic N) is 2. The van der Waals surface area contributed by atoms with Crippen molar-refractivity contribution in [2.24, 2.45) is 5.92 Å². The second-order valence-electron chi connectivity index (χ2n) is 6.24. The van der Waals surface area contributed by atoms with E-state index in [-0.39, 0.29) is 18.6 Å². The van der Waals surface area contributed by atoms with Crippen molar-refractivity contribution in [2.75, 3.05) is 18.5 Å². The maximum Gasteiger partial charge on any atom is 0.319 e. The van der Waals surface area contributed by atoms with Gasteiger partial charge >= 0.3 is 6.03 Å². The van der Waals surface area contributed by atoms with Crippen molar-refractivity contribution >= 4 is 11.7 Å². The molecule has 0 saturated heterocycles. The molecule has 6 heteroatoms. The molecule has 2 rings (SSSR count). The number of hydrogen-bond donors (Lipinski definition) is 3. The first-order valence-corrected chi connectivity index (χ1v) is 8.23. The van der Waals surface area contributed by atoms with Gasteiger partial charge < -0.3 is 15.7 Å². The molecule has 2 amide bonds. The second-order valence-corrected chi connectivity index (χ2v) is 6.24. The molecule has 1 aromatic carbocycles. The van der Waals surface area contributed by atoms with Gasteiger partial charge in [0.05, 0.1) is 12.2 Å². The van der Waals surface area contributed by atoms with Gasteiger partial charge in [0, 0.05) is 24.5 Å². The van der Waals surface area contributed by atoms with Crippen LogP contribution in [0.2, 0.25) is 0 Å². The minimum Gasteiger partial charge on any atom is -0.396 e. The molecule has 1 atom stereocenters. The van der Waals surface area contributed by atoms with Crippen molar-refractivity contribution in [3.63, 3.8) is 0 Å². The monoisotopic (exact) mass is 330 g/mol. The number of anilines is 1. The van der Waals surface area contributed by atoms with Crippen LogP contribution >= 0.6 is 0 Å². The molecule has 24 heavy (non-hydrogen) atoms. The van der Waals surface area contributed by atoms with Crippen LogP contribution in [0.3, 0.4) is 0 Å². The first-order chi connectivity index (χ1) is 11.5. The predicted octanol–water partition coefficient (Wildman–Crippen LogP) is 2.69. The van der Waals surface area contributed by atoms with Gasteiger partial charge in [-0.05, 0) is 49.9 Å². The summed E-state index contributed by atoms with van der Waals surface area (Å²) in [6, 6.07) is 9.56. The number of urea groups is 1. The van der Waals surface area contributed by atoms with Crippen molar-refractivity contribution < 1.29 is 9.90 Å². The number of carbonyl (C=O) groups excluding carboxylic acids is 1. The van der Waals surface area contributed by atoms with E-state index < -0.39 is 0 Å². The molecule has 1 unspecified atom stereocenters. The Morgan fingerprint density at radius 3 is 2.79 bits per heavy atom. The summed E-state index contributed by atoms with van der Waals surface area (Å²) in [7, 11) is 0. The fourth-order valence-electron chi connectivity index (χ4n) is 2.52. The third-order valence-corrected chi connectivity index (χ3v) is 3.85. The van der Waals surface area contributed by atoms with Crippen molar-refractivity contribution in [1.29, 1.82) is 0 Å². The number of nitrogens with one attached hydrogen (secondary N) is 2. The summed E-state index contributed by atoms with van der Waals surface area (Å²) in [5.41, 5.74) is 3.94. The maximum atomic E-state index is 11.9. The third kappa shape index (κ3) is 5.38. The van der Waals surface area contributed by atoms with E-state index in [2.05, 4.69) is 15.7 Å². The van der Waals surface area contributed by atoms with Gasteiger partial charge in [-0.1, -0.05) is 19.1 Å². The zero-order valence-electron chi connectivity index (χ0n) is 14.5. The maximum absolute atomic E-state index is 11.9. The highest BCUT2D eigenvalue weighted by Gasteiger charge is 2.07. The Kier molecular flexibility index (Phi) is 6.37. The van der Waals surface area contributed by atoms with Crippen molar-refractivity contribution in [3.05, 3.63) is 47.3 Å². The van der Waals surface area contributed by atoms with E-state index in [4.69, 9.17) is 5.11 Å². The van der Waals surface area contributed by atoms with E-state index in [1.807, 2.05) is 55.8 Å². The van der Waals surface area contributed by atoms with Crippen LogP contribution in [0.5, 0.6) is 0 Å². The summed E-state index contributed by atoms with van der Waals surface area (Å²) in [5.74, 6) is 0.248. The molecule has 0 aliphatic heterocycles. The molecular weight excluding hydrogens is 304 g/mol. The number of amides is 2. The molecule has 0 bridgehead atoms. The molecule has 0 spiro atoms. The topological polar surface area (TPSA) is 79.2 Å². The molecule has 1 heterocycles.